The van der Waals surface area contributed by atoms with Gasteiger partial charge in [-0.3, -0.25) is 19.7 Å². The Morgan fingerprint density at radius 2 is 1.41 bits per heavy atom. The van der Waals surface area contributed by atoms with Crippen molar-refractivity contribution < 1.29 is 38.3 Å². The van der Waals surface area contributed by atoms with E-state index in [0.29, 0.717) is 0 Å². The molecular weight excluding hydrogens is 508 g/mol. The van der Waals surface area contributed by atoms with Crippen LogP contribution in [0.15, 0.2) is 84.9 Å². The van der Waals surface area contributed by atoms with Gasteiger partial charge in [0.25, 0.3) is 5.69 Å². The molecule has 0 saturated carbocycles. The van der Waals surface area contributed by atoms with Gasteiger partial charge >= 0.3 is 18.0 Å². The Balaban J connectivity index is 1.58. The van der Waals surface area contributed by atoms with Crippen molar-refractivity contribution in [1.29, 1.82) is 0 Å². The van der Waals surface area contributed by atoms with Gasteiger partial charge in [-0.15, -0.1) is 0 Å². The van der Waals surface area contributed by atoms with Crippen molar-refractivity contribution in [3.63, 3.8) is 0 Å². The fourth-order valence-corrected chi connectivity index (χ4v) is 3.34. The molecule has 1 atom stereocenters. The van der Waals surface area contributed by atoms with Crippen LogP contribution in [0.5, 0.6) is 0 Å². The van der Waals surface area contributed by atoms with Crippen LogP contribution in [0.25, 0.3) is 0 Å². The van der Waals surface area contributed by atoms with Gasteiger partial charge in [-0.25, -0.2) is 9.59 Å². The number of Topliss-reactive ketones (excluding diaryl/α,β-unsaturated/α-hetero) is 1. The molecule has 3 aromatic carbocycles. The molecule has 0 aromatic heterocycles. The second-order valence-electron chi connectivity index (χ2n) is 8.28. The standard InChI is InChI=1S/C28H26N2O9/c31-25(22-12-7-13-23(16-22)30(35)36)19-38-27(33)24(29-28(34)39-18-21-10-5-2-6-11-21)14-15-26(32)37-17-20-8-3-1-4-9-20/h1-13,16,24H,14-15,17-19H2,(H,29,34)/t24-/m0/s1. The summed E-state index contributed by atoms with van der Waals surface area (Å²) < 4.78 is 15.4. The Kier molecular flexibility index (Phi) is 10.7. The lowest BCUT2D eigenvalue weighted by Crippen LogP contribution is -2.43. The molecule has 0 aliphatic heterocycles. The van der Waals surface area contributed by atoms with E-state index in [1.165, 1.54) is 18.2 Å². The maximum absolute atomic E-state index is 12.8. The van der Waals surface area contributed by atoms with Gasteiger partial charge in [0.05, 0.1) is 4.92 Å². The molecule has 0 heterocycles. The molecule has 3 aromatic rings. The zero-order valence-corrected chi connectivity index (χ0v) is 20.8. The van der Waals surface area contributed by atoms with E-state index in [0.717, 1.165) is 17.2 Å². The van der Waals surface area contributed by atoms with Gasteiger partial charge in [-0.2, -0.15) is 0 Å². The number of hydrogen-bond acceptors (Lipinski definition) is 9. The molecule has 0 fully saturated rings. The number of non-ortho nitro benzene ring substituents is 1. The molecule has 11 heteroatoms. The molecule has 39 heavy (non-hydrogen) atoms. The number of nitrogens with one attached hydrogen (secondary N) is 1. The number of nitro benzene ring substituents is 1. The summed E-state index contributed by atoms with van der Waals surface area (Å²) in [7, 11) is 0. The normalized spacial score (nSPS) is 11.1. The van der Waals surface area contributed by atoms with Crippen LogP contribution in [0.3, 0.4) is 0 Å². The molecular formula is C28H26N2O9. The van der Waals surface area contributed by atoms with E-state index in [2.05, 4.69) is 5.32 Å². The number of carbonyl (C=O) groups is 4. The van der Waals surface area contributed by atoms with Crippen LogP contribution >= 0.6 is 0 Å². The highest BCUT2D eigenvalue weighted by Crippen LogP contribution is 2.14. The first kappa shape index (κ1) is 28.5. The van der Waals surface area contributed by atoms with Crippen LogP contribution in [0.4, 0.5) is 10.5 Å². The summed E-state index contributed by atoms with van der Waals surface area (Å²) in [4.78, 5) is 60.1. The van der Waals surface area contributed by atoms with Crippen LogP contribution < -0.4 is 5.32 Å². The maximum atomic E-state index is 12.8. The summed E-state index contributed by atoms with van der Waals surface area (Å²) >= 11 is 0. The summed E-state index contributed by atoms with van der Waals surface area (Å²) in [5.74, 6) is -2.27. The average molecular weight is 535 g/mol. The lowest BCUT2D eigenvalue weighted by molar-refractivity contribution is -0.384. The van der Waals surface area contributed by atoms with Crippen molar-refractivity contribution in [2.45, 2.75) is 32.1 Å². The third kappa shape index (κ3) is 9.73. The topological polar surface area (TPSA) is 151 Å². The number of nitrogens with zero attached hydrogens (tertiary/aromatic N) is 1. The monoisotopic (exact) mass is 534 g/mol. The molecule has 1 N–H and O–H groups in total. The summed E-state index contributed by atoms with van der Waals surface area (Å²) in [5, 5.41) is 13.3. The van der Waals surface area contributed by atoms with Crippen LogP contribution in [-0.2, 0) is 37.0 Å². The minimum absolute atomic E-state index is 0.0201. The smallest absolute Gasteiger partial charge is 0.408 e. The number of alkyl carbamates (subject to hydrolysis) is 1. The van der Waals surface area contributed by atoms with Crippen molar-refractivity contribution in [3.05, 3.63) is 112 Å². The predicted octanol–water partition coefficient (Wildman–Crippen LogP) is 4.14. The predicted molar refractivity (Wildman–Crippen MR) is 137 cm³/mol. The molecule has 0 radical (unpaired) electrons. The van der Waals surface area contributed by atoms with Crippen LogP contribution in [0.2, 0.25) is 0 Å². The van der Waals surface area contributed by atoms with Gasteiger partial charge < -0.3 is 19.5 Å². The fraction of sp³-hybridized carbons (Fsp3) is 0.214. The lowest BCUT2D eigenvalue weighted by atomic mass is 10.1. The van der Waals surface area contributed by atoms with Gasteiger partial charge in [-0.1, -0.05) is 72.8 Å². The number of carbonyl (C=O) groups excluding carboxylic acids is 4. The van der Waals surface area contributed by atoms with E-state index in [-0.39, 0.29) is 37.3 Å². The molecule has 0 spiro atoms. The van der Waals surface area contributed by atoms with Gasteiger partial charge in [0.1, 0.15) is 19.3 Å². The molecule has 202 valence electrons. The molecule has 0 bridgehead atoms. The molecule has 3 rings (SSSR count). The first-order chi connectivity index (χ1) is 18.8. The van der Waals surface area contributed by atoms with Gasteiger partial charge in [0.2, 0.25) is 5.78 Å². The number of hydrogen-bond donors (Lipinski definition) is 1. The molecule has 0 saturated heterocycles. The average Bonchev–Trinajstić information content (AvgIpc) is 2.96. The quantitative estimate of drug-likeness (QED) is 0.112. The van der Waals surface area contributed by atoms with Crippen molar-refractivity contribution in [2.24, 2.45) is 0 Å². The Morgan fingerprint density at radius 3 is 2.03 bits per heavy atom. The van der Waals surface area contributed by atoms with E-state index in [1.807, 2.05) is 6.07 Å². The molecule has 0 aliphatic rings. The highest BCUT2D eigenvalue weighted by molar-refractivity contribution is 5.98. The Labute approximate surface area is 223 Å². The minimum Gasteiger partial charge on any atom is -0.461 e. The number of ether oxygens (including phenoxy) is 3. The summed E-state index contributed by atoms with van der Waals surface area (Å²) in [6.45, 7) is -0.742. The lowest BCUT2D eigenvalue weighted by Gasteiger charge is -2.17. The molecule has 0 aliphatic carbocycles. The largest absolute Gasteiger partial charge is 0.461 e. The molecule has 1 amide bonds. The van der Waals surface area contributed by atoms with Crippen LogP contribution in [0, 0.1) is 10.1 Å². The third-order valence-electron chi connectivity index (χ3n) is 5.39. The number of benzene rings is 3. The number of ketones is 1. The first-order valence-corrected chi connectivity index (χ1v) is 11.9. The zero-order valence-electron chi connectivity index (χ0n) is 20.8. The zero-order chi connectivity index (χ0) is 28.0. The van der Waals surface area contributed by atoms with Crippen LogP contribution in [0.1, 0.15) is 34.3 Å². The van der Waals surface area contributed by atoms with Crippen LogP contribution in [-0.4, -0.2) is 41.4 Å². The number of rotatable bonds is 13. The first-order valence-electron chi connectivity index (χ1n) is 11.9. The Bertz CT molecular complexity index is 1300. The van der Waals surface area contributed by atoms with Gasteiger partial charge in [0.15, 0.2) is 6.61 Å². The Hall–Kier alpha value is -5.06. The van der Waals surface area contributed by atoms with E-state index >= 15 is 0 Å². The second kappa shape index (κ2) is 14.6. The second-order valence-corrected chi connectivity index (χ2v) is 8.28. The number of nitro groups is 1. The number of amides is 1. The highest BCUT2D eigenvalue weighted by Gasteiger charge is 2.25. The minimum atomic E-state index is -1.32. The van der Waals surface area contributed by atoms with Gasteiger partial charge in [-0.05, 0) is 17.5 Å². The van der Waals surface area contributed by atoms with Crippen molar-refractivity contribution >= 4 is 29.5 Å². The number of esters is 2. The van der Waals surface area contributed by atoms with E-state index < -0.39 is 41.4 Å². The SMILES string of the molecule is O=C(CC[C@H](NC(=O)OCc1ccccc1)C(=O)OCC(=O)c1cccc([N+](=O)[O-])c1)OCc1ccccc1. The maximum Gasteiger partial charge on any atom is 0.408 e. The van der Waals surface area contributed by atoms with Crippen molar-refractivity contribution in [3.8, 4) is 0 Å². The van der Waals surface area contributed by atoms with E-state index in [1.54, 1.807) is 54.6 Å². The molecule has 11 nitrogen and oxygen atoms in total. The summed E-state index contributed by atoms with van der Waals surface area (Å²) in [6, 6.07) is 21.5. The van der Waals surface area contributed by atoms with Crippen molar-refractivity contribution in [2.75, 3.05) is 6.61 Å². The highest BCUT2D eigenvalue weighted by atomic mass is 16.6. The van der Waals surface area contributed by atoms with Crippen molar-refractivity contribution in [1.82, 2.24) is 5.32 Å². The summed E-state index contributed by atoms with van der Waals surface area (Å²) in [5.41, 5.74) is 1.19. The van der Waals surface area contributed by atoms with E-state index in [9.17, 15) is 29.3 Å². The fourth-order valence-electron chi connectivity index (χ4n) is 3.34. The van der Waals surface area contributed by atoms with E-state index in [4.69, 9.17) is 14.2 Å². The molecule has 0 unspecified atom stereocenters. The Morgan fingerprint density at radius 1 is 0.795 bits per heavy atom. The van der Waals surface area contributed by atoms with Gasteiger partial charge in [0, 0.05) is 24.1 Å². The third-order valence-corrected chi connectivity index (χ3v) is 5.39. The summed E-state index contributed by atoms with van der Waals surface area (Å²) in [6.07, 6.45) is -1.34.